The molecule has 6 nitrogen and oxygen atoms in total. The number of rotatable bonds is 7. The number of nitrogens with zero attached hydrogens (tertiary/aromatic N) is 1. The van der Waals surface area contributed by atoms with Gasteiger partial charge in [0.15, 0.2) is 0 Å². The third-order valence-electron chi connectivity index (χ3n) is 5.08. The number of hydrogen-bond donors (Lipinski definition) is 2. The Hall–Kier alpha value is -2.57. The summed E-state index contributed by atoms with van der Waals surface area (Å²) in [5.41, 5.74) is 2.15. The molecule has 2 N–H and O–H groups in total. The van der Waals surface area contributed by atoms with Crippen LogP contribution in [0.2, 0.25) is 0 Å². The minimum Gasteiger partial charge on any atom is -0.410 e. The van der Waals surface area contributed by atoms with Crippen molar-refractivity contribution >= 4 is 24.4 Å². The first-order chi connectivity index (χ1) is 14.5. The van der Waals surface area contributed by atoms with Crippen molar-refractivity contribution in [3.05, 3.63) is 65.7 Å². The quantitative estimate of drug-likeness (QED) is 0.677. The maximum Gasteiger partial charge on any atom is 0.412 e. The lowest BCUT2D eigenvalue weighted by Gasteiger charge is -2.32. The lowest BCUT2D eigenvalue weighted by molar-refractivity contribution is -0.121. The van der Waals surface area contributed by atoms with Crippen LogP contribution in [0.1, 0.15) is 37.8 Å². The van der Waals surface area contributed by atoms with Crippen molar-refractivity contribution in [3.8, 4) is 5.75 Å². The molecule has 0 radical (unpaired) electrons. The second kappa shape index (κ2) is 12.3. The molecule has 1 fully saturated rings. The van der Waals surface area contributed by atoms with E-state index in [1.54, 1.807) is 18.2 Å². The van der Waals surface area contributed by atoms with Crippen molar-refractivity contribution in [2.24, 2.45) is 0 Å². The van der Waals surface area contributed by atoms with E-state index in [1.165, 1.54) is 5.56 Å². The summed E-state index contributed by atoms with van der Waals surface area (Å²) in [7, 11) is 0. The van der Waals surface area contributed by atoms with Gasteiger partial charge in [0.2, 0.25) is 5.91 Å². The Kier molecular flexibility index (Phi) is 9.82. The Morgan fingerprint density at radius 1 is 1.03 bits per heavy atom. The third-order valence-corrected chi connectivity index (χ3v) is 5.08. The summed E-state index contributed by atoms with van der Waals surface area (Å²) in [6.45, 7) is 6.66. The van der Waals surface area contributed by atoms with Crippen molar-refractivity contribution in [2.75, 3.05) is 13.1 Å². The molecule has 2 aromatic rings. The standard InChI is InChI=1S/C24H31N3O3.ClH/c1-18(2)25-24(29)30-22-10-6-9-20(15-22)16-23(28)26-21-11-13-27(14-12-21)17-19-7-4-3-5-8-19;/h3-10,15,18,21H,11-14,16-17H2,1-2H3,(H,25,29)(H,26,28);1H. The minimum absolute atomic E-state index is 0. The van der Waals surface area contributed by atoms with Crippen LogP contribution in [0.5, 0.6) is 5.75 Å². The topological polar surface area (TPSA) is 70.7 Å². The molecular weight excluding hydrogens is 414 g/mol. The highest BCUT2D eigenvalue weighted by molar-refractivity contribution is 5.85. The molecule has 1 saturated heterocycles. The number of benzene rings is 2. The average Bonchev–Trinajstić information content (AvgIpc) is 2.70. The number of carbonyl (C=O) groups excluding carboxylic acids is 2. The molecule has 0 saturated carbocycles. The smallest absolute Gasteiger partial charge is 0.410 e. The summed E-state index contributed by atoms with van der Waals surface area (Å²) < 4.78 is 5.27. The Balaban J connectivity index is 0.00000341. The zero-order valence-corrected chi connectivity index (χ0v) is 19.0. The van der Waals surface area contributed by atoms with Gasteiger partial charge in [0.1, 0.15) is 5.75 Å². The maximum absolute atomic E-state index is 12.5. The summed E-state index contributed by atoms with van der Waals surface area (Å²) in [6, 6.07) is 17.8. The molecule has 0 aromatic heterocycles. The molecule has 0 bridgehead atoms. The first kappa shape index (κ1) is 24.7. The van der Waals surface area contributed by atoms with Crippen LogP contribution in [-0.2, 0) is 17.8 Å². The Morgan fingerprint density at radius 2 is 1.71 bits per heavy atom. The predicted octanol–water partition coefficient (Wildman–Crippen LogP) is 3.93. The van der Waals surface area contributed by atoms with Crippen LogP contribution in [0.25, 0.3) is 0 Å². The molecule has 0 spiro atoms. The van der Waals surface area contributed by atoms with Gasteiger partial charge in [0.25, 0.3) is 0 Å². The fourth-order valence-corrected chi connectivity index (χ4v) is 3.63. The van der Waals surface area contributed by atoms with Crippen LogP contribution in [0, 0.1) is 0 Å². The first-order valence-corrected chi connectivity index (χ1v) is 10.6. The summed E-state index contributed by atoms with van der Waals surface area (Å²) in [4.78, 5) is 26.7. The number of likely N-dealkylation sites (tertiary alicyclic amines) is 1. The molecule has 2 amide bonds. The summed E-state index contributed by atoms with van der Waals surface area (Å²) in [5.74, 6) is 0.438. The van der Waals surface area contributed by atoms with Gasteiger partial charge in [0, 0.05) is 31.7 Å². The van der Waals surface area contributed by atoms with Gasteiger partial charge in [-0.25, -0.2) is 4.79 Å². The lowest BCUT2D eigenvalue weighted by atomic mass is 10.0. The fraction of sp³-hybridized carbons (Fsp3) is 0.417. The number of nitrogens with one attached hydrogen (secondary N) is 2. The number of piperidine rings is 1. The summed E-state index contributed by atoms with van der Waals surface area (Å²) in [6.07, 6.45) is 1.69. The van der Waals surface area contributed by atoms with Gasteiger partial charge in [-0.2, -0.15) is 0 Å². The molecule has 3 rings (SSSR count). The number of ether oxygens (including phenoxy) is 1. The fourth-order valence-electron chi connectivity index (χ4n) is 3.63. The molecule has 31 heavy (non-hydrogen) atoms. The van der Waals surface area contributed by atoms with Gasteiger partial charge in [-0.15, -0.1) is 12.4 Å². The van der Waals surface area contributed by atoms with Crippen molar-refractivity contribution in [1.82, 2.24) is 15.5 Å². The second-order valence-corrected chi connectivity index (χ2v) is 8.12. The zero-order chi connectivity index (χ0) is 21.3. The highest BCUT2D eigenvalue weighted by atomic mass is 35.5. The number of amides is 2. The van der Waals surface area contributed by atoms with E-state index in [0.29, 0.717) is 5.75 Å². The van der Waals surface area contributed by atoms with E-state index >= 15 is 0 Å². The molecule has 1 heterocycles. The molecule has 2 aromatic carbocycles. The SMILES string of the molecule is CC(C)NC(=O)Oc1cccc(CC(=O)NC2CCN(Cc3ccccc3)CC2)c1.Cl. The van der Waals surface area contributed by atoms with Gasteiger partial charge in [0.05, 0.1) is 6.42 Å². The van der Waals surface area contributed by atoms with Crippen molar-refractivity contribution in [2.45, 2.75) is 51.7 Å². The van der Waals surface area contributed by atoms with Crippen LogP contribution < -0.4 is 15.4 Å². The Morgan fingerprint density at radius 3 is 2.39 bits per heavy atom. The van der Waals surface area contributed by atoms with Gasteiger partial charge in [-0.3, -0.25) is 9.69 Å². The Labute approximate surface area is 190 Å². The minimum atomic E-state index is -0.492. The third kappa shape index (κ3) is 8.59. The monoisotopic (exact) mass is 445 g/mol. The molecule has 0 unspecified atom stereocenters. The number of halogens is 1. The van der Waals surface area contributed by atoms with Gasteiger partial charge >= 0.3 is 6.09 Å². The van der Waals surface area contributed by atoms with E-state index in [0.717, 1.165) is 38.0 Å². The molecule has 7 heteroatoms. The average molecular weight is 446 g/mol. The van der Waals surface area contributed by atoms with Crippen LogP contribution in [0.3, 0.4) is 0 Å². The largest absolute Gasteiger partial charge is 0.412 e. The highest BCUT2D eigenvalue weighted by Crippen LogP contribution is 2.16. The number of hydrogen-bond acceptors (Lipinski definition) is 4. The molecule has 0 atom stereocenters. The normalized spacial score (nSPS) is 14.5. The van der Waals surface area contributed by atoms with E-state index < -0.39 is 6.09 Å². The van der Waals surface area contributed by atoms with Crippen LogP contribution >= 0.6 is 12.4 Å². The summed E-state index contributed by atoms with van der Waals surface area (Å²) >= 11 is 0. The van der Waals surface area contributed by atoms with E-state index in [2.05, 4.69) is 39.8 Å². The Bertz CT molecular complexity index is 837. The van der Waals surface area contributed by atoms with E-state index in [-0.39, 0.29) is 36.8 Å². The van der Waals surface area contributed by atoms with E-state index in [9.17, 15) is 9.59 Å². The van der Waals surface area contributed by atoms with Gasteiger partial charge in [-0.05, 0) is 49.9 Å². The van der Waals surface area contributed by atoms with Crippen LogP contribution in [0.15, 0.2) is 54.6 Å². The predicted molar refractivity (Wildman–Crippen MR) is 125 cm³/mol. The second-order valence-electron chi connectivity index (χ2n) is 8.12. The summed E-state index contributed by atoms with van der Waals surface area (Å²) in [5, 5.41) is 5.83. The molecule has 1 aliphatic rings. The van der Waals surface area contributed by atoms with E-state index in [4.69, 9.17) is 4.74 Å². The maximum atomic E-state index is 12.5. The highest BCUT2D eigenvalue weighted by Gasteiger charge is 2.21. The molecule has 0 aliphatic carbocycles. The van der Waals surface area contributed by atoms with Crippen molar-refractivity contribution in [1.29, 1.82) is 0 Å². The molecule has 1 aliphatic heterocycles. The van der Waals surface area contributed by atoms with Gasteiger partial charge in [-0.1, -0.05) is 42.5 Å². The van der Waals surface area contributed by atoms with Gasteiger partial charge < -0.3 is 15.4 Å². The van der Waals surface area contributed by atoms with Crippen LogP contribution in [0.4, 0.5) is 4.79 Å². The molecule has 168 valence electrons. The number of carbonyl (C=O) groups is 2. The van der Waals surface area contributed by atoms with Crippen LogP contribution in [-0.4, -0.2) is 42.1 Å². The first-order valence-electron chi connectivity index (χ1n) is 10.6. The van der Waals surface area contributed by atoms with Crippen molar-refractivity contribution in [3.63, 3.8) is 0 Å². The molecular formula is C24H32ClN3O3. The lowest BCUT2D eigenvalue weighted by Crippen LogP contribution is -2.44. The van der Waals surface area contributed by atoms with Crippen molar-refractivity contribution < 1.29 is 14.3 Å². The zero-order valence-electron chi connectivity index (χ0n) is 18.2. The van der Waals surface area contributed by atoms with E-state index in [1.807, 2.05) is 26.0 Å².